The lowest BCUT2D eigenvalue weighted by atomic mass is 10.1. The molecule has 0 aliphatic heterocycles. The molecule has 37 heavy (non-hydrogen) atoms. The normalized spacial score (nSPS) is 11.4. The first-order chi connectivity index (χ1) is 18.3. The summed E-state index contributed by atoms with van der Waals surface area (Å²) in [5.41, 5.74) is 4.31. The van der Waals surface area contributed by atoms with Crippen LogP contribution in [-0.4, -0.2) is 4.98 Å². The Bertz CT molecular complexity index is 1670. The van der Waals surface area contributed by atoms with E-state index in [2.05, 4.69) is 78.9 Å². The fourth-order valence-electron chi connectivity index (χ4n) is 4.25. The molecule has 4 heteroatoms. The molecule has 0 radical (unpaired) electrons. The molecule has 0 saturated carbocycles. The molecule has 0 saturated heterocycles. The lowest BCUT2D eigenvalue weighted by Crippen LogP contribution is -2.00. The molecule has 6 aromatic rings. The molecule has 180 valence electrons. The van der Waals surface area contributed by atoms with Crippen molar-refractivity contribution in [2.75, 3.05) is 0 Å². The first-order valence-corrected chi connectivity index (χ1v) is 13.1. The molecule has 5 aromatic carbocycles. The van der Waals surface area contributed by atoms with E-state index in [1.54, 1.807) is 11.3 Å². The molecule has 0 aliphatic rings. The number of rotatable bonds is 8. The molecule has 0 aliphatic carbocycles. The Kier molecular flexibility index (Phi) is 6.65. The van der Waals surface area contributed by atoms with Gasteiger partial charge in [-0.1, -0.05) is 103 Å². The quantitative estimate of drug-likeness (QED) is 0.210. The van der Waals surface area contributed by atoms with Gasteiger partial charge in [0, 0.05) is 5.39 Å². The summed E-state index contributed by atoms with van der Waals surface area (Å²) >= 11 is 1.70. The molecule has 0 atom stereocenters. The van der Waals surface area contributed by atoms with Gasteiger partial charge >= 0.3 is 0 Å². The predicted molar refractivity (Wildman–Crippen MR) is 154 cm³/mol. The largest absolute Gasteiger partial charge is 0.485 e. The van der Waals surface area contributed by atoms with Crippen molar-refractivity contribution in [3.8, 4) is 11.5 Å². The predicted octanol–water partition coefficient (Wildman–Crippen LogP) is 8.78. The molecule has 0 fully saturated rings. The zero-order valence-electron chi connectivity index (χ0n) is 20.2. The highest BCUT2D eigenvalue weighted by molar-refractivity contribution is 7.19. The van der Waals surface area contributed by atoms with Crippen LogP contribution in [0.1, 0.15) is 21.7 Å². The summed E-state index contributed by atoms with van der Waals surface area (Å²) in [6.45, 7) is 0.956. The number of thiazole rings is 1. The van der Waals surface area contributed by atoms with Gasteiger partial charge < -0.3 is 9.47 Å². The SMILES string of the molecule is C(=Cc1nc2c(ccc3ccccc32)s1)c1ccc(OCc2ccccc2)c(OCc2ccccc2)c1. The van der Waals surface area contributed by atoms with Gasteiger partial charge in [-0.15, -0.1) is 11.3 Å². The molecule has 3 nitrogen and oxygen atoms in total. The van der Waals surface area contributed by atoms with Gasteiger partial charge in [-0.2, -0.15) is 0 Å². The maximum Gasteiger partial charge on any atom is 0.162 e. The number of fused-ring (bicyclic) bond motifs is 3. The van der Waals surface area contributed by atoms with Gasteiger partial charge in [-0.05, 0) is 46.4 Å². The van der Waals surface area contributed by atoms with Gasteiger partial charge in [0.15, 0.2) is 11.5 Å². The molecule has 1 heterocycles. The van der Waals surface area contributed by atoms with E-state index in [1.165, 1.54) is 15.5 Å². The highest BCUT2D eigenvalue weighted by atomic mass is 32.1. The van der Waals surface area contributed by atoms with Gasteiger partial charge in [-0.3, -0.25) is 0 Å². The number of hydrogen-bond acceptors (Lipinski definition) is 4. The lowest BCUT2D eigenvalue weighted by molar-refractivity contribution is 0.256. The second-order valence-electron chi connectivity index (χ2n) is 8.77. The Morgan fingerprint density at radius 3 is 2.05 bits per heavy atom. The Morgan fingerprint density at radius 2 is 1.30 bits per heavy atom. The minimum atomic E-state index is 0.473. The highest BCUT2D eigenvalue weighted by Crippen LogP contribution is 2.32. The first kappa shape index (κ1) is 23.0. The highest BCUT2D eigenvalue weighted by Gasteiger charge is 2.09. The number of ether oxygens (including phenoxy) is 2. The molecule has 0 unspecified atom stereocenters. The number of nitrogens with zero attached hydrogens (tertiary/aromatic N) is 1. The van der Waals surface area contributed by atoms with E-state index in [9.17, 15) is 0 Å². The van der Waals surface area contributed by atoms with Gasteiger partial charge in [0.05, 0.1) is 10.2 Å². The number of hydrogen-bond donors (Lipinski definition) is 0. The summed E-state index contributed by atoms with van der Waals surface area (Å²) in [4.78, 5) is 4.91. The van der Waals surface area contributed by atoms with Crippen LogP contribution in [0, 0.1) is 0 Å². The maximum absolute atomic E-state index is 6.23. The minimum absolute atomic E-state index is 0.473. The summed E-state index contributed by atoms with van der Waals surface area (Å²) in [7, 11) is 0. The summed E-state index contributed by atoms with van der Waals surface area (Å²) in [6.07, 6.45) is 4.15. The van der Waals surface area contributed by atoms with E-state index < -0.39 is 0 Å². The van der Waals surface area contributed by atoms with Crippen molar-refractivity contribution in [2.45, 2.75) is 13.2 Å². The second-order valence-corrected chi connectivity index (χ2v) is 9.84. The Morgan fingerprint density at radius 1 is 0.622 bits per heavy atom. The van der Waals surface area contributed by atoms with E-state index in [-0.39, 0.29) is 0 Å². The van der Waals surface area contributed by atoms with E-state index in [1.807, 2.05) is 48.5 Å². The molecule has 0 spiro atoms. The monoisotopic (exact) mass is 499 g/mol. The maximum atomic E-state index is 6.23. The molecule has 0 amide bonds. The van der Waals surface area contributed by atoms with Crippen LogP contribution >= 0.6 is 11.3 Å². The van der Waals surface area contributed by atoms with Crippen molar-refractivity contribution in [3.05, 3.63) is 137 Å². The zero-order valence-corrected chi connectivity index (χ0v) is 21.0. The molecule has 1 aromatic heterocycles. The Hall–Kier alpha value is -4.41. The average molecular weight is 500 g/mol. The van der Waals surface area contributed by atoms with Crippen LogP contribution < -0.4 is 9.47 Å². The summed E-state index contributed by atoms with van der Waals surface area (Å²) < 4.78 is 13.6. The van der Waals surface area contributed by atoms with Crippen LogP contribution in [0.5, 0.6) is 11.5 Å². The van der Waals surface area contributed by atoms with Gasteiger partial charge in [-0.25, -0.2) is 4.98 Å². The third-order valence-electron chi connectivity index (χ3n) is 6.16. The molecule has 0 bridgehead atoms. The zero-order chi connectivity index (χ0) is 24.9. The summed E-state index contributed by atoms with van der Waals surface area (Å²) in [6, 6.07) is 39.1. The van der Waals surface area contributed by atoms with Crippen LogP contribution in [0.15, 0.2) is 115 Å². The van der Waals surface area contributed by atoms with Crippen molar-refractivity contribution in [1.82, 2.24) is 4.98 Å². The van der Waals surface area contributed by atoms with Crippen molar-refractivity contribution in [3.63, 3.8) is 0 Å². The van der Waals surface area contributed by atoms with Crippen molar-refractivity contribution < 1.29 is 9.47 Å². The van der Waals surface area contributed by atoms with Crippen LogP contribution in [0.2, 0.25) is 0 Å². The van der Waals surface area contributed by atoms with Crippen LogP contribution in [0.4, 0.5) is 0 Å². The number of benzene rings is 5. The number of aromatic nitrogens is 1. The molecular formula is C33H25NO2S. The third kappa shape index (κ3) is 5.40. The second kappa shape index (κ2) is 10.7. The van der Waals surface area contributed by atoms with E-state index in [0.29, 0.717) is 13.2 Å². The smallest absolute Gasteiger partial charge is 0.162 e. The molecular weight excluding hydrogens is 474 g/mol. The van der Waals surface area contributed by atoms with Gasteiger partial charge in [0.2, 0.25) is 0 Å². The van der Waals surface area contributed by atoms with E-state index in [4.69, 9.17) is 14.5 Å². The van der Waals surface area contributed by atoms with E-state index >= 15 is 0 Å². The average Bonchev–Trinajstić information content (AvgIpc) is 3.39. The summed E-state index contributed by atoms with van der Waals surface area (Å²) in [5, 5.41) is 3.37. The van der Waals surface area contributed by atoms with Crippen LogP contribution in [0.3, 0.4) is 0 Å². The van der Waals surface area contributed by atoms with Crippen molar-refractivity contribution >= 4 is 44.5 Å². The fourth-order valence-corrected chi connectivity index (χ4v) is 5.13. The van der Waals surface area contributed by atoms with Crippen molar-refractivity contribution in [1.29, 1.82) is 0 Å². The van der Waals surface area contributed by atoms with E-state index in [0.717, 1.165) is 38.7 Å². The Labute approximate surface area is 220 Å². The van der Waals surface area contributed by atoms with Crippen molar-refractivity contribution in [2.24, 2.45) is 0 Å². The Balaban J connectivity index is 1.26. The standard InChI is InChI=1S/C33H25NO2S/c1-3-9-25(10-4-1)22-35-29-18-15-24(21-30(29)36-23-26-11-5-2-6-12-26)16-20-32-34-33-28-14-8-7-13-27(28)17-19-31(33)37-32/h1-21H,22-23H2. The minimum Gasteiger partial charge on any atom is -0.485 e. The molecule has 6 rings (SSSR count). The lowest BCUT2D eigenvalue weighted by Gasteiger charge is -2.14. The van der Waals surface area contributed by atoms with Crippen LogP contribution in [-0.2, 0) is 13.2 Å². The fraction of sp³-hybridized carbons (Fsp3) is 0.0606. The third-order valence-corrected chi connectivity index (χ3v) is 7.15. The topological polar surface area (TPSA) is 31.4 Å². The first-order valence-electron chi connectivity index (χ1n) is 12.3. The van der Waals surface area contributed by atoms with Gasteiger partial charge in [0.1, 0.15) is 18.2 Å². The summed E-state index contributed by atoms with van der Waals surface area (Å²) in [5.74, 6) is 1.45. The molecule has 0 N–H and O–H groups in total. The van der Waals surface area contributed by atoms with Crippen LogP contribution in [0.25, 0.3) is 33.1 Å². The van der Waals surface area contributed by atoms with Gasteiger partial charge in [0.25, 0.3) is 0 Å².